The number of fused-ring (bicyclic) bond motifs is 1. The molecular formula is C20H24O5S. The molecule has 0 saturated carbocycles. The van der Waals surface area contributed by atoms with Crippen LogP contribution in [0.1, 0.15) is 37.6 Å². The highest BCUT2D eigenvalue weighted by molar-refractivity contribution is 7.07. The van der Waals surface area contributed by atoms with E-state index in [0.29, 0.717) is 6.61 Å². The molecule has 0 radical (unpaired) electrons. The van der Waals surface area contributed by atoms with Crippen molar-refractivity contribution in [2.24, 2.45) is 5.41 Å². The summed E-state index contributed by atoms with van der Waals surface area (Å²) in [5.74, 6) is 0. The monoisotopic (exact) mass is 376 g/mol. The van der Waals surface area contributed by atoms with E-state index in [1.165, 1.54) is 0 Å². The largest absolute Gasteiger partial charge is 0.396 e. The molecule has 0 bridgehead atoms. The van der Waals surface area contributed by atoms with Gasteiger partial charge in [0.05, 0.1) is 19.3 Å². The summed E-state index contributed by atoms with van der Waals surface area (Å²) < 4.78 is 24.6. The number of thiophene rings is 1. The number of benzene rings is 1. The average molecular weight is 376 g/mol. The number of ether oxygens (including phenoxy) is 4. The van der Waals surface area contributed by atoms with Crippen LogP contribution in [0.5, 0.6) is 0 Å². The molecule has 2 saturated heterocycles. The van der Waals surface area contributed by atoms with Gasteiger partial charge in [0.15, 0.2) is 12.6 Å². The molecule has 1 aromatic carbocycles. The molecule has 140 valence electrons. The zero-order valence-electron chi connectivity index (χ0n) is 14.9. The van der Waals surface area contributed by atoms with Crippen LogP contribution in [-0.2, 0) is 18.9 Å². The van der Waals surface area contributed by atoms with Crippen LogP contribution in [0.2, 0.25) is 0 Å². The number of hydrogen-bond acceptors (Lipinski definition) is 6. The lowest BCUT2D eigenvalue weighted by Gasteiger charge is -2.50. The lowest BCUT2D eigenvalue weighted by molar-refractivity contribution is -0.377. The quantitative estimate of drug-likeness (QED) is 0.882. The lowest BCUT2D eigenvalue weighted by atomic mass is 9.81. The van der Waals surface area contributed by atoms with Gasteiger partial charge in [0.2, 0.25) is 0 Å². The van der Waals surface area contributed by atoms with Crippen molar-refractivity contribution in [3.05, 3.63) is 58.3 Å². The summed E-state index contributed by atoms with van der Waals surface area (Å²) in [6.45, 7) is 4.39. The first-order chi connectivity index (χ1) is 12.6. The van der Waals surface area contributed by atoms with Gasteiger partial charge in [-0.05, 0) is 16.8 Å². The van der Waals surface area contributed by atoms with Crippen molar-refractivity contribution in [3.63, 3.8) is 0 Å². The number of hydrogen-bond donors (Lipinski definition) is 1. The van der Waals surface area contributed by atoms with Crippen LogP contribution >= 0.6 is 11.3 Å². The number of aliphatic hydroxyl groups is 1. The topological polar surface area (TPSA) is 57.2 Å². The summed E-state index contributed by atoms with van der Waals surface area (Å²) in [5, 5.41) is 13.9. The van der Waals surface area contributed by atoms with Crippen molar-refractivity contribution >= 4 is 11.3 Å². The molecule has 0 spiro atoms. The van der Waals surface area contributed by atoms with Crippen LogP contribution in [0.4, 0.5) is 0 Å². The molecule has 5 atom stereocenters. The predicted molar refractivity (Wildman–Crippen MR) is 97.7 cm³/mol. The van der Waals surface area contributed by atoms with Crippen molar-refractivity contribution < 1.29 is 24.1 Å². The molecule has 5 nitrogen and oxygen atoms in total. The second-order valence-corrected chi connectivity index (χ2v) is 8.22. The van der Waals surface area contributed by atoms with E-state index in [2.05, 4.69) is 0 Å². The fourth-order valence-corrected chi connectivity index (χ4v) is 4.06. The highest BCUT2D eigenvalue weighted by Crippen LogP contribution is 2.43. The average Bonchev–Trinajstić information content (AvgIpc) is 3.22. The van der Waals surface area contributed by atoms with Gasteiger partial charge in [0, 0.05) is 16.5 Å². The van der Waals surface area contributed by atoms with Gasteiger partial charge < -0.3 is 24.1 Å². The molecule has 0 amide bonds. The molecule has 2 aromatic rings. The fraction of sp³-hybridized carbons (Fsp3) is 0.500. The Labute approximate surface area is 157 Å². The zero-order valence-corrected chi connectivity index (χ0v) is 15.7. The molecule has 2 aliphatic rings. The Hall–Kier alpha value is -1.28. The van der Waals surface area contributed by atoms with Gasteiger partial charge in [-0.1, -0.05) is 44.2 Å². The van der Waals surface area contributed by atoms with Crippen LogP contribution < -0.4 is 0 Å². The van der Waals surface area contributed by atoms with E-state index in [-0.39, 0.29) is 24.9 Å². The highest BCUT2D eigenvalue weighted by Gasteiger charge is 2.50. The maximum absolute atomic E-state index is 9.93. The van der Waals surface area contributed by atoms with Gasteiger partial charge in [-0.2, -0.15) is 11.3 Å². The molecular weight excluding hydrogens is 352 g/mol. The molecule has 4 rings (SSSR count). The summed E-state index contributed by atoms with van der Waals surface area (Å²) in [7, 11) is 0. The van der Waals surface area contributed by atoms with Crippen molar-refractivity contribution in [3.8, 4) is 0 Å². The molecule has 2 unspecified atom stereocenters. The van der Waals surface area contributed by atoms with E-state index in [1.807, 2.05) is 61.0 Å². The van der Waals surface area contributed by atoms with Crippen LogP contribution in [0.25, 0.3) is 0 Å². The van der Waals surface area contributed by atoms with Gasteiger partial charge in [-0.15, -0.1) is 0 Å². The standard InChI is InChI=1S/C20H24O5S/c1-20(2,12-21)17-16-15(23-19(25-17)14-8-9-26-11-14)10-22-18(24-16)13-6-4-3-5-7-13/h3-9,11,15-19,21H,10,12H2,1-2H3/t15-,16+,17-,18?,19?/m0/s1. The Bertz CT molecular complexity index is 702. The van der Waals surface area contributed by atoms with Gasteiger partial charge >= 0.3 is 0 Å². The van der Waals surface area contributed by atoms with Gasteiger partial charge in [-0.25, -0.2) is 0 Å². The Balaban J connectivity index is 1.59. The number of rotatable bonds is 4. The van der Waals surface area contributed by atoms with Crippen LogP contribution in [0.3, 0.4) is 0 Å². The normalized spacial score (nSPS) is 32.2. The van der Waals surface area contributed by atoms with Gasteiger partial charge in [0.25, 0.3) is 0 Å². The van der Waals surface area contributed by atoms with Crippen molar-refractivity contribution in [2.75, 3.05) is 13.2 Å². The van der Waals surface area contributed by atoms with E-state index in [0.717, 1.165) is 11.1 Å². The van der Waals surface area contributed by atoms with Crippen LogP contribution in [-0.4, -0.2) is 36.6 Å². The lowest BCUT2D eigenvalue weighted by Crippen LogP contribution is -2.59. The van der Waals surface area contributed by atoms with E-state index < -0.39 is 18.0 Å². The van der Waals surface area contributed by atoms with Crippen LogP contribution in [0, 0.1) is 5.41 Å². The van der Waals surface area contributed by atoms with Crippen molar-refractivity contribution in [2.45, 2.75) is 44.7 Å². The second kappa shape index (κ2) is 7.38. The molecule has 0 aliphatic carbocycles. The predicted octanol–water partition coefficient (Wildman–Crippen LogP) is 3.66. The Morgan fingerprint density at radius 3 is 2.54 bits per heavy atom. The minimum Gasteiger partial charge on any atom is -0.396 e. The maximum atomic E-state index is 9.93. The summed E-state index contributed by atoms with van der Waals surface area (Å²) in [6, 6.07) is 11.8. The van der Waals surface area contributed by atoms with E-state index in [9.17, 15) is 5.11 Å². The summed E-state index contributed by atoms with van der Waals surface area (Å²) in [6.07, 6.45) is -1.81. The molecule has 1 aromatic heterocycles. The van der Waals surface area contributed by atoms with Gasteiger partial charge in [-0.3, -0.25) is 0 Å². The van der Waals surface area contributed by atoms with Crippen molar-refractivity contribution in [1.29, 1.82) is 0 Å². The Morgan fingerprint density at radius 2 is 1.85 bits per heavy atom. The van der Waals surface area contributed by atoms with E-state index >= 15 is 0 Å². The number of aliphatic hydroxyl groups excluding tert-OH is 1. The summed E-state index contributed by atoms with van der Waals surface area (Å²) in [4.78, 5) is 0. The smallest absolute Gasteiger partial charge is 0.185 e. The Morgan fingerprint density at radius 1 is 1.04 bits per heavy atom. The zero-order chi connectivity index (χ0) is 18.1. The van der Waals surface area contributed by atoms with E-state index in [1.54, 1.807) is 11.3 Å². The first-order valence-electron chi connectivity index (χ1n) is 8.84. The maximum Gasteiger partial charge on any atom is 0.185 e. The molecule has 2 fully saturated rings. The second-order valence-electron chi connectivity index (χ2n) is 7.44. The SMILES string of the molecule is CC(C)(CO)[C@H]1OC(c2ccsc2)O[C@H]2COC(c3ccccc3)O[C@H]21. The first kappa shape index (κ1) is 18.1. The van der Waals surface area contributed by atoms with E-state index in [4.69, 9.17) is 18.9 Å². The molecule has 3 heterocycles. The Kier molecular flexibility index (Phi) is 5.14. The minimum absolute atomic E-state index is 0.00252. The summed E-state index contributed by atoms with van der Waals surface area (Å²) >= 11 is 1.60. The third-order valence-electron chi connectivity index (χ3n) is 4.99. The van der Waals surface area contributed by atoms with Crippen molar-refractivity contribution in [1.82, 2.24) is 0 Å². The molecule has 1 N–H and O–H groups in total. The molecule has 26 heavy (non-hydrogen) atoms. The third kappa shape index (κ3) is 3.45. The molecule has 2 aliphatic heterocycles. The summed E-state index contributed by atoms with van der Waals surface area (Å²) in [5.41, 5.74) is 1.48. The minimum atomic E-state index is -0.473. The first-order valence-corrected chi connectivity index (χ1v) is 9.78. The third-order valence-corrected chi connectivity index (χ3v) is 5.69. The molecule has 6 heteroatoms. The highest BCUT2D eigenvalue weighted by atomic mass is 32.1. The fourth-order valence-electron chi connectivity index (χ4n) is 3.40. The van der Waals surface area contributed by atoms with Gasteiger partial charge in [0.1, 0.15) is 12.2 Å². The van der Waals surface area contributed by atoms with Crippen LogP contribution in [0.15, 0.2) is 47.2 Å².